The molecule has 1 fully saturated rings. The van der Waals surface area contributed by atoms with Gasteiger partial charge in [-0.25, -0.2) is 5.32 Å². The van der Waals surface area contributed by atoms with Crippen LogP contribution >= 0.6 is 0 Å². The molecule has 14 rings (SSSR count). The van der Waals surface area contributed by atoms with Crippen molar-refractivity contribution in [2.45, 2.75) is 18.2 Å². The van der Waals surface area contributed by atoms with E-state index in [1.807, 2.05) is 0 Å². The number of quaternary nitrogens is 1. The average molecular weight is 872 g/mol. The third kappa shape index (κ3) is 6.08. The highest BCUT2D eigenvalue weighted by atomic mass is 15.5. The number of hydrogen-bond donors (Lipinski definition) is 2. The van der Waals surface area contributed by atoms with Crippen LogP contribution in [0.3, 0.4) is 0 Å². The number of hydrogen-bond acceptors (Lipinski definition) is 1. The summed E-state index contributed by atoms with van der Waals surface area (Å²) in [6.07, 6.45) is 14.0. The van der Waals surface area contributed by atoms with Gasteiger partial charge in [-0.15, -0.1) is 0 Å². The second-order valence-electron chi connectivity index (χ2n) is 18.6. The maximum Gasteiger partial charge on any atom is 0.179 e. The second kappa shape index (κ2) is 15.7. The minimum absolute atomic E-state index is 0.0372. The molecular formula is C64H47N4+. The first kappa shape index (κ1) is 38.9. The van der Waals surface area contributed by atoms with Crippen LogP contribution in [-0.2, 0) is 0 Å². The van der Waals surface area contributed by atoms with Gasteiger partial charge in [0.05, 0.1) is 27.9 Å². The van der Waals surface area contributed by atoms with E-state index in [2.05, 4.69) is 263 Å². The third-order valence-corrected chi connectivity index (χ3v) is 14.9. The Balaban J connectivity index is 0.925. The average Bonchev–Trinajstić information content (AvgIpc) is 3.91. The summed E-state index contributed by atoms with van der Waals surface area (Å²) in [5.74, 6) is 0.648. The molecule has 2 aliphatic carbocycles. The number of benzene rings is 9. The van der Waals surface area contributed by atoms with E-state index in [0.717, 1.165) is 5.69 Å². The maximum absolute atomic E-state index is 4.08. The zero-order chi connectivity index (χ0) is 44.7. The largest absolute Gasteiger partial charge is 0.307 e. The monoisotopic (exact) mass is 871 g/mol. The molecule has 5 atom stereocenters. The lowest BCUT2D eigenvalue weighted by Gasteiger charge is -2.46. The topological polar surface area (TPSA) is 26.3 Å². The van der Waals surface area contributed by atoms with Crippen molar-refractivity contribution in [1.29, 1.82) is 0 Å². The standard InChI is InChI=1S/C64H46N4/c1-3-16-42(17-4-1)43-30-35-50(36-31-43)67-63(65-64(67)54-25-12-11-23-51(54)44-18-5-2-6-19-44)46-32-37-49(38-33-46)66-60-41-48-22-8-7-21-47(48)40-56(60)53-27-15-29-59(62(53)66)68-57-28-14-13-26-55(57)61-52-24-10-9-20-45(52)34-39-58(61)68/h1-41,45,52,63-65H/p+1. The minimum Gasteiger partial charge on any atom is -0.307 e. The predicted octanol–water partition coefficient (Wildman–Crippen LogP) is 14.6. The molecule has 2 N–H and O–H groups in total. The van der Waals surface area contributed by atoms with Crippen LogP contribution in [-0.4, -0.2) is 9.13 Å². The Morgan fingerprint density at radius 2 is 1.13 bits per heavy atom. The number of allylic oxidation sites excluding steroid dienone is 5. The number of nitrogens with one attached hydrogen (secondary N) is 2. The molecule has 9 aromatic carbocycles. The van der Waals surface area contributed by atoms with Gasteiger partial charge in [0, 0.05) is 44.8 Å². The Labute approximate surface area is 395 Å². The maximum atomic E-state index is 4.08. The van der Waals surface area contributed by atoms with Crippen LogP contribution in [0, 0.1) is 5.92 Å². The van der Waals surface area contributed by atoms with Crippen LogP contribution in [0.4, 0.5) is 5.69 Å². The molecule has 3 heterocycles. The van der Waals surface area contributed by atoms with E-state index < -0.39 is 0 Å². The summed E-state index contributed by atoms with van der Waals surface area (Å²) < 4.78 is 5.06. The van der Waals surface area contributed by atoms with Crippen molar-refractivity contribution in [3.63, 3.8) is 0 Å². The van der Waals surface area contributed by atoms with Crippen molar-refractivity contribution in [2.24, 2.45) is 5.92 Å². The summed E-state index contributed by atoms with van der Waals surface area (Å²) in [5, 5.41) is 10.4. The lowest BCUT2D eigenvalue weighted by molar-refractivity contribution is -0.962. The highest BCUT2D eigenvalue weighted by Gasteiger charge is 2.46. The molecule has 322 valence electrons. The Kier molecular flexibility index (Phi) is 8.98. The normalized spacial score (nSPS) is 19.4. The van der Waals surface area contributed by atoms with Gasteiger partial charge in [0.2, 0.25) is 0 Å². The van der Waals surface area contributed by atoms with Crippen molar-refractivity contribution in [3.05, 3.63) is 265 Å². The number of para-hydroxylation sites is 2. The summed E-state index contributed by atoms with van der Waals surface area (Å²) in [5.41, 5.74) is 17.3. The molecule has 5 unspecified atom stereocenters. The molecule has 1 saturated heterocycles. The van der Waals surface area contributed by atoms with E-state index >= 15 is 0 Å². The van der Waals surface area contributed by atoms with Gasteiger partial charge < -0.3 is 9.13 Å². The molecule has 0 amide bonds. The predicted molar refractivity (Wildman–Crippen MR) is 282 cm³/mol. The zero-order valence-corrected chi connectivity index (χ0v) is 37.4. The van der Waals surface area contributed by atoms with Crippen molar-refractivity contribution in [1.82, 2.24) is 14.5 Å². The van der Waals surface area contributed by atoms with Gasteiger partial charge in [-0.2, -0.15) is 0 Å². The summed E-state index contributed by atoms with van der Waals surface area (Å²) in [6.45, 7) is 0. The number of aromatic nitrogens is 2. The Morgan fingerprint density at radius 1 is 0.456 bits per heavy atom. The van der Waals surface area contributed by atoms with Crippen LogP contribution in [0.15, 0.2) is 243 Å². The van der Waals surface area contributed by atoms with Crippen molar-refractivity contribution in [3.8, 4) is 33.6 Å². The molecule has 3 aliphatic rings. The Morgan fingerprint density at radius 3 is 1.96 bits per heavy atom. The van der Waals surface area contributed by atoms with Gasteiger partial charge in [0.25, 0.3) is 0 Å². The molecule has 2 aromatic heterocycles. The highest BCUT2D eigenvalue weighted by Crippen LogP contribution is 2.46. The highest BCUT2D eigenvalue weighted by molar-refractivity contribution is 6.16. The van der Waals surface area contributed by atoms with Gasteiger partial charge in [0.1, 0.15) is 5.69 Å². The van der Waals surface area contributed by atoms with E-state index in [-0.39, 0.29) is 12.3 Å². The van der Waals surface area contributed by atoms with Crippen LogP contribution in [0.5, 0.6) is 0 Å². The molecule has 68 heavy (non-hydrogen) atoms. The molecule has 1 aliphatic heterocycles. The number of fused-ring (bicyclic) bond motifs is 9. The van der Waals surface area contributed by atoms with E-state index in [9.17, 15) is 0 Å². The molecule has 0 spiro atoms. The number of nitrogens with zero attached hydrogens (tertiary/aromatic N) is 2. The van der Waals surface area contributed by atoms with Gasteiger partial charge in [0.15, 0.2) is 12.3 Å². The molecule has 0 saturated carbocycles. The van der Waals surface area contributed by atoms with Gasteiger partial charge in [-0.1, -0.05) is 170 Å². The fourth-order valence-electron chi connectivity index (χ4n) is 11.8. The van der Waals surface area contributed by atoms with Gasteiger partial charge in [-0.05, 0) is 117 Å². The molecule has 0 radical (unpaired) electrons. The van der Waals surface area contributed by atoms with Crippen molar-refractivity contribution < 1.29 is 4.90 Å². The summed E-state index contributed by atoms with van der Waals surface area (Å²) in [6, 6.07) is 78.4. The molecular weight excluding hydrogens is 825 g/mol. The lowest BCUT2D eigenvalue weighted by Crippen LogP contribution is -3.19. The van der Waals surface area contributed by atoms with E-state index in [1.54, 1.807) is 0 Å². The van der Waals surface area contributed by atoms with Crippen molar-refractivity contribution >= 4 is 55.2 Å². The zero-order valence-electron chi connectivity index (χ0n) is 37.4. The summed E-state index contributed by atoms with van der Waals surface area (Å²) in [7, 11) is 0. The smallest absolute Gasteiger partial charge is 0.179 e. The lowest BCUT2D eigenvalue weighted by atomic mass is 9.78. The number of rotatable bonds is 7. The molecule has 4 nitrogen and oxygen atoms in total. The SMILES string of the molecule is C1=CC2C=Cc3c(c4ccccc4n3-c3cccc4c5cc6ccccc6cc5n(-c5ccc(C6NC(c7ccccc7-c7ccccc7)[NH+]6c6ccc(-c7ccccc7)cc6)cc5)c34)C2C=C1. The molecule has 4 heteroatoms. The summed E-state index contributed by atoms with van der Waals surface area (Å²) in [4.78, 5) is 1.38. The van der Waals surface area contributed by atoms with E-state index in [0.29, 0.717) is 11.8 Å². The Bertz CT molecular complexity index is 3830. The Hall–Kier alpha value is -8.28. The van der Waals surface area contributed by atoms with E-state index in [4.69, 9.17) is 0 Å². The first-order valence-corrected chi connectivity index (χ1v) is 23.9. The van der Waals surface area contributed by atoms with Gasteiger partial charge >= 0.3 is 0 Å². The van der Waals surface area contributed by atoms with Crippen LogP contribution in [0.25, 0.3) is 83.2 Å². The summed E-state index contributed by atoms with van der Waals surface area (Å²) >= 11 is 0. The molecule has 0 bridgehead atoms. The van der Waals surface area contributed by atoms with Crippen molar-refractivity contribution in [2.75, 3.05) is 0 Å². The molecule has 11 aromatic rings. The third-order valence-electron chi connectivity index (χ3n) is 14.9. The fourth-order valence-corrected chi connectivity index (χ4v) is 11.8. The van der Waals surface area contributed by atoms with Crippen LogP contribution < -0.4 is 10.2 Å². The van der Waals surface area contributed by atoms with Crippen LogP contribution in [0.1, 0.15) is 40.6 Å². The second-order valence-corrected chi connectivity index (χ2v) is 18.6. The van der Waals surface area contributed by atoms with E-state index in [1.165, 1.54) is 104 Å². The van der Waals surface area contributed by atoms with Crippen LogP contribution in [0.2, 0.25) is 0 Å². The fraction of sp³-hybridized carbons (Fsp3) is 0.0625. The first-order valence-electron chi connectivity index (χ1n) is 23.9. The van der Waals surface area contributed by atoms with Gasteiger partial charge in [-0.3, -0.25) is 4.90 Å². The first-order chi connectivity index (χ1) is 33.7. The minimum atomic E-state index is 0.0372. The quantitative estimate of drug-likeness (QED) is 0.164.